The highest BCUT2D eigenvalue weighted by Gasteiger charge is 2.42. The van der Waals surface area contributed by atoms with Crippen LogP contribution >= 0.6 is 0 Å². The number of amides is 4. The van der Waals surface area contributed by atoms with Crippen LogP contribution in [-0.2, 0) is 20.8 Å². The number of para-hydroxylation sites is 1. The number of carbonyl (C=O) groups is 4. The van der Waals surface area contributed by atoms with E-state index >= 15 is 0 Å². The predicted octanol–water partition coefficient (Wildman–Crippen LogP) is 3.48. The molecule has 2 heterocycles. The highest BCUT2D eigenvalue weighted by Crippen LogP contribution is 2.39. The number of aliphatic hydroxyl groups excluding tert-OH is 1. The summed E-state index contributed by atoms with van der Waals surface area (Å²) in [6.45, 7) is 6.77. The number of hydrogen-bond donors (Lipinski definition) is 5. The van der Waals surface area contributed by atoms with E-state index in [1.807, 2.05) is 69.3 Å². The van der Waals surface area contributed by atoms with Crippen molar-refractivity contribution >= 4 is 34.5 Å². The van der Waals surface area contributed by atoms with Crippen molar-refractivity contribution in [1.29, 1.82) is 0 Å². The molecular weight excluding hydrogens is 632 g/mol. The molecule has 1 aliphatic heterocycles. The second-order valence-electron chi connectivity index (χ2n) is 15.0. The van der Waals surface area contributed by atoms with Gasteiger partial charge in [0, 0.05) is 30.4 Å². The zero-order chi connectivity index (χ0) is 35.8. The Kier molecular flexibility index (Phi) is 12.2. The molecule has 1 aliphatic carbocycles. The Morgan fingerprint density at radius 3 is 2.36 bits per heavy atom. The number of fused-ring (bicyclic) bond motifs is 2. The Labute approximate surface area is 294 Å². The molecule has 2 aromatic carbocycles. The number of aliphatic hydroxyl groups is 1. The number of nitrogens with zero attached hydrogens (tertiary/aromatic N) is 2. The summed E-state index contributed by atoms with van der Waals surface area (Å²) in [6.07, 6.45) is 4.40. The fourth-order valence-corrected chi connectivity index (χ4v) is 7.41. The molecule has 2 aliphatic rings. The molecule has 11 heteroatoms. The van der Waals surface area contributed by atoms with Crippen molar-refractivity contribution in [3.8, 4) is 0 Å². The molecule has 1 saturated heterocycles. The van der Waals surface area contributed by atoms with E-state index in [1.165, 1.54) is 6.42 Å². The van der Waals surface area contributed by atoms with E-state index in [0.717, 1.165) is 36.6 Å². The second kappa shape index (κ2) is 16.6. The number of nitrogens with two attached hydrogens (primary N) is 1. The van der Waals surface area contributed by atoms with Crippen molar-refractivity contribution in [3.63, 3.8) is 0 Å². The number of aromatic nitrogens is 1. The van der Waals surface area contributed by atoms with Crippen molar-refractivity contribution in [2.45, 2.75) is 102 Å². The first-order valence-electron chi connectivity index (χ1n) is 17.9. The number of carbonyl (C=O) groups excluding carboxylic acids is 4. The van der Waals surface area contributed by atoms with Crippen LogP contribution in [0.25, 0.3) is 10.9 Å². The summed E-state index contributed by atoms with van der Waals surface area (Å²) in [6, 6.07) is 18.1. The van der Waals surface area contributed by atoms with Crippen molar-refractivity contribution in [2.75, 3.05) is 13.1 Å². The minimum Gasteiger partial charge on any atom is -0.390 e. The first-order valence-corrected chi connectivity index (χ1v) is 17.9. The summed E-state index contributed by atoms with van der Waals surface area (Å²) < 4.78 is 0. The summed E-state index contributed by atoms with van der Waals surface area (Å²) in [5, 5.41) is 21.7. The number of hydrogen-bond acceptors (Lipinski definition) is 7. The van der Waals surface area contributed by atoms with Crippen LogP contribution in [-0.4, -0.2) is 81.5 Å². The minimum absolute atomic E-state index is 0.0289. The maximum absolute atomic E-state index is 14.0. The van der Waals surface area contributed by atoms with E-state index < -0.39 is 47.5 Å². The first kappa shape index (κ1) is 36.9. The second-order valence-corrected chi connectivity index (χ2v) is 15.0. The molecule has 0 unspecified atom stereocenters. The van der Waals surface area contributed by atoms with Crippen molar-refractivity contribution in [3.05, 3.63) is 78.0 Å². The van der Waals surface area contributed by atoms with E-state index in [2.05, 4.69) is 25.8 Å². The number of piperidine rings is 1. The lowest BCUT2D eigenvalue weighted by molar-refractivity contribution is -0.133. The molecule has 2 fully saturated rings. The van der Waals surface area contributed by atoms with Gasteiger partial charge in [-0.1, -0.05) is 73.9 Å². The van der Waals surface area contributed by atoms with Crippen LogP contribution in [0.3, 0.4) is 0 Å². The smallest absolute Gasteiger partial charge is 0.270 e. The SMILES string of the molecule is CC(C)(C)NC(=O)[C@@H]1C[C@@H]2CCCC[C@@H]2CN1C[C@@H](O)[C@H](Cc1ccccc1)NC(=O)[C@H](CCC(N)=O)NC(=O)c1ccc2ccccc2n1. The lowest BCUT2D eigenvalue weighted by Crippen LogP contribution is -2.61. The van der Waals surface area contributed by atoms with Gasteiger partial charge in [0.25, 0.3) is 5.91 Å². The van der Waals surface area contributed by atoms with Crippen LogP contribution < -0.4 is 21.7 Å². The maximum Gasteiger partial charge on any atom is 0.270 e. The van der Waals surface area contributed by atoms with Crippen LogP contribution in [0.15, 0.2) is 66.7 Å². The summed E-state index contributed by atoms with van der Waals surface area (Å²) in [5.41, 5.74) is 6.72. The van der Waals surface area contributed by atoms with Gasteiger partial charge in [0.1, 0.15) is 11.7 Å². The molecule has 0 bridgehead atoms. The first-order chi connectivity index (χ1) is 23.9. The number of benzene rings is 2. The zero-order valence-corrected chi connectivity index (χ0v) is 29.4. The van der Waals surface area contributed by atoms with E-state index in [9.17, 15) is 24.3 Å². The zero-order valence-electron chi connectivity index (χ0n) is 29.4. The third kappa shape index (κ3) is 10.1. The largest absolute Gasteiger partial charge is 0.390 e. The number of pyridine rings is 1. The Morgan fingerprint density at radius 1 is 0.940 bits per heavy atom. The van der Waals surface area contributed by atoms with Crippen LogP contribution in [0, 0.1) is 11.8 Å². The van der Waals surface area contributed by atoms with Crippen LogP contribution in [0.4, 0.5) is 0 Å². The van der Waals surface area contributed by atoms with E-state index in [4.69, 9.17) is 5.73 Å². The van der Waals surface area contributed by atoms with Gasteiger partial charge in [0.05, 0.1) is 23.7 Å². The Hall–Kier alpha value is -4.35. The molecule has 11 nitrogen and oxygen atoms in total. The summed E-state index contributed by atoms with van der Waals surface area (Å²) in [5.74, 6) is -0.841. The van der Waals surface area contributed by atoms with Gasteiger partial charge >= 0.3 is 0 Å². The summed E-state index contributed by atoms with van der Waals surface area (Å²) in [7, 11) is 0. The number of nitrogens with one attached hydrogen (secondary N) is 3. The van der Waals surface area contributed by atoms with Gasteiger partial charge < -0.3 is 26.8 Å². The molecule has 0 radical (unpaired) electrons. The fraction of sp³-hybridized carbons (Fsp3) is 0.513. The monoisotopic (exact) mass is 684 g/mol. The van der Waals surface area contributed by atoms with Gasteiger partial charge in [0.15, 0.2) is 0 Å². The third-order valence-electron chi connectivity index (χ3n) is 9.95. The topological polar surface area (TPSA) is 167 Å². The van der Waals surface area contributed by atoms with Gasteiger partial charge in [-0.3, -0.25) is 24.1 Å². The molecule has 6 N–H and O–H groups in total. The molecule has 0 spiro atoms. The van der Waals surface area contributed by atoms with Gasteiger partial charge in [0.2, 0.25) is 17.7 Å². The highest BCUT2D eigenvalue weighted by molar-refractivity contribution is 5.98. The Bertz CT molecular complexity index is 1640. The predicted molar refractivity (Wildman–Crippen MR) is 193 cm³/mol. The maximum atomic E-state index is 14.0. The van der Waals surface area contributed by atoms with E-state index in [1.54, 1.807) is 18.2 Å². The van der Waals surface area contributed by atoms with Gasteiger partial charge in [-0.15, -0.1) is 0 Å². The van der Waals surface area contributed by atoms with Gasteiger partial charge in [-0.2, -0.15) is 0 Å². The normalized spacial score (nSPS) is 21.3. The lowest BCUT2D eigenvalue weighted by atomic mass is 9.72. The third-order valence-corrected chi connectivity index (χ3v) is 9.95. The quantitative estimate of drug-likeness (QED) is 0.184. The number of β-amino-alcohol motifs (C(OH)–C–C–N with tert-alkyl or cyclic N) is 1. The van der Waals surface area contributed by atoms with Crippen molar-refractivity contribution < 1.29 is 24.3 Å². The lowest BCUT2D eigenvalue weighted by Gasteiger charge is -2.47. The number of rotatable bonds is 13. The van der Waals surface area contributed by atoms with Crippen LogP contribution in [0.2, 0.25) is 0 Å². The van der Waals surface area contributed by atoms with E-state index in [-0.39, 0.29) is 31.0 Å². The Morgan fingerprint density at radius 2 is 1.64 bits per heavy atom. The summed E-state index contributed by atoms with van der Waals surface area (Å²) >= 11 is 0. The highest BCUT2D eigenvalue weighted by atomic mass is 16.3. The molecule has 3 aromatic rings. The van der Waals surface area contributed by atoms with Crippen molar-refractivity contribution in [1.82, 2.24) is 25.8 Å². The molecule has 268 valence electrons. The van der Waals surface area contributed by atoms with Crippen molar-refractivity contribution in [2.24, 2.45) is 17.6 Å². The van der Waals surface area contributed by atoms with E-state index in [0.29, 0.717) is 30.3 Å². The van der Waals surface area contributed by atoms with Crippen LogP contribution in [0.1, 0.15) is 81.8 Å². The molecular formula is C39H52N6O5. The average Bonchev–Trinajstić information content (AvgIpc) is 3.08. The minimum atomic E-state index is -1.11. The molecule has 4 amide bonds. The number of primary amides is 1. The van der Waals surface area contributed by atoms with Crippen LogP contribution in [0.5, 0.6) is 0 Å². The molecule has 50 heavy (non-hydrogen) atoms. The molecule has 6 atom stereocenters. The standard InChI is InChI=1S/C39H52N6O5/c1-39(2,3)44-38(50)33-22-27-14-7-8-15-28(27)23-45(33)24-34(46)32(21-25-11-5-4-6-12-25)43-37(49)31(19-20-35(40)47)42-36(48)30-18-17-26-13-9-10-16-29(26)41-30/h4-6,9-13,16-18,27-28,31-34,46H,7-8,14-15,19-24H2,1-3H3,(H2,40,47)(H,42,48)(H,43,49)(H,44,50)/t27-,28+,31-,32-,33-,34+/m0/s1. The Balaban J connectivity index is 1.36. The van der Waals surface area contributed by atoms with Gasteiger partial charge in [-0.25, -0.2) is 4.98 Å². The number of likely N-dealkylation sites (tertiary alicyclic amines) is 1. The summed E-state index contributed by atoms with van der Waals surface area (Å²) in [4.78, 5) is 59.3. The fourth-order valence-electron chi connectivity index (χ4n) is 7.41. The average molecular weight is 685 g/mol. The molecule has 5 rings (SSSR count). The molecule has 1 saturated carbocycles. The molecule has 1 aromatic heterocycles. The van der Waals surface area contributed by atoms with Gasteiger partial charge in [-0.05, 0) is 76.0 Å².